The van der Waals surface area contributed by atoms with Gasteiger partial charge in [0.05, 0.1) is 12.3 Å². The number of aliphatic imine (C=N–C) groups is 1. The van der Waals surface area contributed by atoms with Gasteiger partial charge in [-0.25, -0.2) is 4.39 Å². The molecule has 2 rings (SSSR count). The SMILES string of the molecule is CN=C(NCCc1ccc(F)cc1C)NCC(c1ccco1)N(C)C. The van der Waals surface area contributed by atoms with Crippen molar-refractivity contribution in [3.8, 4) is 0 Å². The lowest BCUT2D eigenvalue weighted by atomic mass is 10.1. The van der Waals surface area contributed by atoms with E-state index in [1.165, 1.54) is 6.07 Å². The number of guanidine groups is 1. The molecular weight excluding hydrogens is 319 g/mol. The molecule has 0 bridgehead atoms. The van der Waals surface area contributed by atoms with Gasteiger partial charge in [0.1, 0.15) is 11.6 Å². The molecule has 2 aromatic rings. The van der Waals surface area contributed by atoms with Crippen molar-refractivity contribution in [1.82, 2.24) is 15.5 Å². The van der Waals surface area contributed by atoms with Gasteiger partial charge in [-0.3, -0.25) is 9.89 Å². The topological polar surface area (TPSA) is 52.8 Å². The maximum Gasteiger partial charge on any atom is 0.191 e. The Labute approximate surface area is 148 Å². The molecule has 0 saturated carbocycles. The van der Waals surface area contributed by atoms with Crippen LogP contribution < -0.4 is 10.6 Å². The molecule has 2 N–H and O–H groups in total. The number of hydrogen-bond acceptors (Lipinski definition) is 3. The smallest absolute Gasteiger partial charge is 0.191 e. The summed E-state index contributed by atoms with van der Waals surface area (Å²) in [5, 5.41) is 6.62. The van der Waals surface area contributed by atoms with Crippen molar-refractivity contribution >= 4 is 5.96 Å². The summed E-state index contributed by atoms with van der Waals surface area (Å²) in [5.74, 6) is 1.45. The summed E-state index contributed by atoms with van der Waals surface area (Å²) < 4.78 is 18.7. The molecule has 1 unspecified atom stereocenters. The van der Waals surface area contributed by atoms with E-state index in [-0.39, 0.29) is 11.9 Å². The highest BCUT2D eigenvalue weighted by Crippen LogP contribution is 2.17. The van der Waals surface area contributed by atoms with E-state index in [4.69, 9.17) is 4.42 Å². The third-order valence-corrected chi connectivity index (χ3v) is 4.17. The van der Waals surface area contributed by atoms with E-state index in [2.05, 4.69) is 20.5 Å². The standard InChI is InChI=1S/C19H27FN4O/c1-14-12-16(20)8-7-15(14)9-10-22-19(21-2)23-13-17(24(3)4)18-6-5-11-25-18/h5-8,11-12,17H,9-10,13H2,1-4H3,(H2,21,22,23). The molecule has 0 aliphatic heterocycles. The van der Waals surface area contributed by atoms with Gasteiger partial charge in [-0.2, -0.15) is 0 Å². The number of aryl methyl sites for hydroxylation is 1. The van der Waals surface area contributed by atoms with Gasteiger partial charge in [-0.1, -0.05) is 6.07 Å². The predicted octanol–water partition coefficient (Wildman–Crippen LogP) is 2.74. The largest absolute Gasteiger partial charge is 0.468 e. The number of likely N-dealkylation sites (N-methyl/N-ethyl adjacent to an activating group) is 1. The maximum atomic E-state index is 13.2. The summed E-state index contributed by atoms with van der Waals surface area (Å²) in [7, 11) is 5.78. The fourth-order valence-corrected chi connectivity index (χ4v) is 2.69. The summed E-state index contributed by atoms with van der Waals surface area (Å²) in [5.41, 5.74) is 2.10. The Morgan fingerprint density at radius 2 is 2.08 bits per heavy atom. The molecule has 136 valence electrons. The molecule has 0 spiro atoms. The molecular formula is C19H27FN4O. The molecule has 6 heteroatoms. The van der Waals surface area contributed by atoms with Gasteiger partial charge in [0.25, 0.3) is 0 Å². The minimum atomic E-state index is -0.195. The van der Waals surface area contributed by atoms with Gasteiger partial charge >= 0.3 is 0 Å². The van der Waals surface area contributed by atoms with Crippen LogP contribution in [0.15, 0.2) is 46.0 Å². The molecule has 5 nitrogen and oxygen atoms in total. The van der Waals surface area contributed by atoms with Gasteiger partial charge in [0.2, 0.25) is 0 Å². The molecule has 0 saturated heterocycles. The van der Waals surface area contributed by atoms with Crippen LogP contribution in [0.2, 0.25) is 0 Å². The Morgan fingerprint density at radius 1 is 1.28 bits per heavy atom. The first-order valence-corrected chi connectivity index (χ1v) is 8.40. The molecule has 1 atom stereocenters. The highest BCUT2D eigenvalue weighted by molar-refractivity contribution is 5.79. The van der Waals surface area contributed by atoms with E-state index in [0.29, 0.717) is 6.54 Å². The van der Waals surface area contributed by atoms with E-state index in [1.54, 1.807) is 19.4 Å². The second-order valence-corrected chi connectivity index (χ2v) is 6.20. The molecule has 1 aromatic heterocycles. The van der Waals surface area contributed by atoms with Crippen molar-refractivity contribution in [1.29, 1.82) is 0 Å². The van der Waals surface area contributed by atoms with E-state index in [0.717, 1.165) is 35.8 Å². The van der Waals surface area contributed by atoms with E-state index < -0.39 is 0 Å². The number of hydrogen-bond donors (Lipinski definition) is 2. The van der Waals surface area contributed by atoms with Crippen LogP contribution >= 0.6 is 0 Å². The van der Waals surface area contributed by atoms with Gasteiger partial charge < -0.3 is 15.1 Å². The molecule has 1 aromatic carbocycles. The van der Waals surface area contributed by atoms with Crippen molar-refractivity contribution in [3.05, 3.63) is 59.3 Å². The molecule has 0 aliphatic rings. The highest BCUT2D eigenvalue weighted by atomic mass is 19.1. The number of rotatable bonds is 7. The minimum Gasteiger partial charge on any atom is -0.468 e. The molecule has 0 fully saturated rings. The highest BCUT2D eigenvalue weighted by Gasteiger charge is 2.17. The Morgan fingerprint density at radius 3 is 2.68 bits per heavy atom. The first kappa shape index (κ1) is 19.0. The average Bonchev–Trinajstić information content (AvgIpc) is 3.09. The van der Waals surface area contributed by atoms with Crippen molar-refractivity contribution in [3.63, 3.8) is 0 Å². The Hall–Kier alpha value is -2.34. The Balaban J connectivity index is 1.84. The minimum absolute atomic E-state index is 0.118. The van der Waals surface area contributed by atoms with Crippen LogP contribution in [-0.2, 0) is 6.42 Å². The molecule has 0 aliphatic carbocycles. The number of nitrogens with one attached hydrogen (secondary N) is 2. The molecule has 0 radical (unpaired) electrons. The van der Waals surface area contributed by atoms with Crippen LogP contribution in [0, 0.1) is 12.7 Å². The molecule has 0 amide bonds. The van der Waals surface area contributed by atoms with Gasteiger partial charge in [0, 0.05) is 20.1 Å². The second kappa shape index (κ2) is 9.22. The predicted molar refractivity (Wildman–Crippen MR) is 99.3 cm³/mol. The van der Waals surface area contributed by atoms with Crippen LogP contribution in [0.5, 0.6) is 0 Å². The van der Waals surface area contributed by atoms with Crippen molar-refractivity contribution < 1.29 is 8.81 Å². The van der Waals surface area contributed by atoms with Crippen molar-refractivity contribution in [2.45, 2.75) is 19.4 Å². The van der Waals surface area contributed by atoms with E-state index in [1.807, 2.05) is 39.2 Å². The average molecular weight is 346 g/mol. The lowest BCUT2D eigenvalue weighted by Gasteiger charge is -2.23. The van der Waals surface area contributed by atoms with Crippen LogP contribution in [-0.4, -0.2) is 45.1 Å². The quantitative estimate of drug-likeness (QED) is 0.598. The Kier molecular flexibility index (Phi) is 7.01. The first-order valence-electron chi connectivity index (χ1n) is 8.40. The van der Waals surface area contributed by atoms with Gasteiger partial charge in [0.15, 0.2) is 5.96 Å². The third-order valence-electron chi connectivity index (χ3n) is 4.17. The van der Waals surface area contributed by atoms with Gasteiger partial charge in [-0.15, -0.1) is 0 Å². The maximum absolute atomic E-state index is 13.2. The van der Waals surface area contributed by atoms with Crippen LogP contribution in [0.25, 0.3) is 0 Å². The lowest BCUT2D eigenvalue weighted by Crippen LogP contribution is -2.42. The number of nitrogens with zero attached hydrogens (tertiary/aromatic N) is 2. The van der Waals surface area contributed by atoms with Crippen LogP contribution in [0.1, 0.15) is 22.9 Å². The summed E-state index contributed by atoms with van der Waals surface area (Å²) in [4.78, 5) is 6.35. The van der Waals surface area contributed by atoms with E-state index in [9.17, 15) is 4.39 Å². The van der Waals surface area contributed by atoms with Crippen LogP contribution in [0.4, 0.5) is 4.39 Å². The fourth-order valence-electron chi connectivity index (χ4n) is 2.69. The molecule has 1 heterocycles. The summed E-state index contributed by atoms with van der Waals surface area (Å²) in [6.45, 7) is 3.33. The number of benzene rings is 1. The second-order valence-electron chi connectivity index (χ2n) is 6.20. The van der Waals surface area contributed by atoms with Crippen LogP contribution in [0.3, 0.4) is 0 Å². The van der Waals surface area contributed by atoms with Crippen molar-refractivity contribution in [2.24, 2.45) is 4.99 Å². The number of furan rings is 1. The lowest BCUT2D eigenvalue weighted by molar-refractivity contribution is 0.258. The summed E-state index contributed by atoms with van der Waals surface area (Å²) in [6, 6.07) is 8.88. The number of halogens is 1. The normalized spacial score (nSPS) is 13.1. The third kappa shape index (κ3) is 5.60. The first-order chi connectivity index (χ1) is 12.0. The van der Waals surface area contributed by atoms with E-state index >= 15 is 0 Å². The zero-order chi connectivity index (χ0) is 18.2. The Bertz CT molecular complexity index is 683. The fraction of sp³-hybridized carbons (Fsp3) is 0.421. The van der Waals surface area contributed by atoms with Crippen molar-refractivity contribution in [2.75, 3.05) is 34.2 Å². The summed E-state index contributed by atoms with van der Waals surface area (Å²) in [6.07, 6.45) is 2.49. The zero-order valence-electron chi connectivity index (χ0n) is 15.3. The zero-order valence-corrected chi connectivity index (χ0v) is 15.3. The molecule has 25 heavy (non-hydrogen) atoms. The van der Waals surface area contributed by atoms with Gasteiger partial charge in [-0.05, 0) is 62.8 Å². The summed E-state index contributed by atoms with van der Waals surface area (Å²) >= 11 is 0. The monoisotopic (exact) mass is 346 g/mol.